The highest BCUT2D eigenvalue weighted by Crippen LogP contribution is 2.43. The van der Waals surface area contributed by atoms with E-state index in [0.29, 0.717) is 5.46 Å². The Hall–Kier alpha value is -4.82. The quantitative estimate of drug-likeness (QED) is 0.176. The van der Waals surface area contributed by atoms with Gasteiger partial charge in [-0.15, -0.1) is 22.7 Å². The van der Waals surface area contributed by atoms with Gasteiger partial charge < -0.3 is 10.0 Å². The molecule has 0 aliphatic carbocycles. The van der Waals surface area contributed by atoms with Gasteiger partial charge in [0.15, 0.2) is 0 Å². The van der Waals surface area contributed by atoms with Crippen molar-refractivity contribution in [2.75, 3.05) is 0 Å². The maximum absolute atomic E-state index is 9.71. The van der Waals surface area contributed by atoms with Crippen molar-refractivity contribution in [2.45, 2.75) is 7.43 Å². The van der Waals surface area contributed by atoms with Gasteiger partial charge in [0.2, 0.25) is 0 Å². The molecule has 51 heavy (non-hydrogen) atoms. The summed E-state index contributed by atoms with van der Waals surface area (Å²) < 4.78 is 6.40. The minimum Gasteiger partial charge on any atom is -0.423 e. The van der Waals surface area contributed by atoms with Crippen molar-refractivity contribution in [3.05, 3.63) is 162 Å². The van der Waals surface area contributed by atoms with Crippen LogP contribution in [0.3, 0.4) is 0 Å². The van der Waals surface area contributed by atoms with Crippen LogP contribution in [0.15, 0.2) is 162 Å². The Kier molecular flexibility index (Phi) is 8.97. The molecule has 0 bridgehead atoms. The molecule has 6 heteroatoms. The second-order valence-electron chi connectivity index (χ2n) is 12.3. The van der Waals surface area contributed by atoms with Crippen LogP contribution in [-0.4, -0.2) is 17.2 Å². The van der Waals surface area contributed by atoms with Crippen molar-refractivity contribution in [1.29, 1.82) is 0 Å². The van der Waals surface area contributed by atoms with Gasteiger partial charge in [0.1, 0.15) is 0 Å². The van der Waals surface area contributed by atoms with E-state index in [-0.39, 0.29) is 8.85 Å². The van der Waals surface area contributed by atoms with Crippen LogP contribution in [0.1, 0.15) is 8.85 Å². The number of halogens is 1. The molecule has 0 saturated heterocycles. The van der Waals surface area contributed by atoms with Gasteiger partial charge >= 0.3 is 7.12 Å². The fourth-order valence-electron chi connectivity index (χ4n) is 7.20. The van der Waals surface area contributed by atoms with Crippen LogP contribution in [0.2, 0.25) is 0 Å². The zero-order valence-electron chi connectivity index (χ0n) is 26.7. The summed E-state index contributed by atoms with van der Waals surface area (Å²) in [7, 11) is -1.48. The Morgan fingerprint density at radius 2 is 0.804 bits per heavy atom. The first kappa shape index (κ1) is 33.3. The number of fused-ring (bicyclic) bond motifs is 8. The fraction of sp³-hybridized carbons (Fsp3) is 0.0222. The van der Waals surface area contributed by atoms with Crippen LogP contribution in [0.25, 0.3) is 84.1 Å². The van der Waals surface area contributed by atoms with Gasteiger partial charge in [-0.2, -0.15) is 0 Å². The number of hydrogen-bond acceptors (Lipinski definition) is 4. The van der Waals surface area contributed by atoms with Crippen LogP contribution in [0.5, 0.6) is 0 Å². The molecular weight excluding hydrogens is 727 g/mol. The Balaban J connectivity index is 0.000000156. The third-order valence-electron chi connectivity index (χ3n) is 9.50. The summed E-state index contributed by atoms with van der Waals surface area (Å²) in [6.07, 6.45) is 0. The van der Waals surface area contributed by atoms with Gasteiger partial charge in [0, 0.05) is 57.4 Å². The molecule has 0 aliphatic rings. The van der Waals surface area contributed by atoms with E-state index in [4.69, 9.17) is 0 Å². The summed E-state index contributed by atoms with van der Waals surface area (Å²) in [5, 5.41) is 29.1. The average molecular weight is 762 g/mol. The van der Waals surface area contributed by atoms with E-state index in [1.54, 1.807) is 11.3 Å². The summed E-state index contributed by atoms with van der Waals surface area (Å²) in [4.78, 5) is 0. The molecular formula is C45H34BBrO2S2. The van der Waals surface area contributed by atoms with Gasteiger partial charge in [-0.3, -0.25) is 0 Å². The summed E-state index contributed by atoms with van der Waals surface area (Å²) in [5.74, 6) is 0. The SMILES string of the molecule is Brc1ccc(-c2cccc3c2sc2ccccc23)c2ccccc12.C.OB(O)c1ccc(-c2cccc3c2sc2ccccc23)c2ccccc12.[HH]. The van der Waals surface area contributed by atoms with Crippen molar-refractivity contribution in [1.82, 2.24) is 0 Å². The maximum atomic E-state index is 9.71. The smallest absolute Gasteiger partial charge is 0.423 e. The van der Waals surface area contributed by atoms with Crippen molar-refractivity contribution >= 4 is 113 Å². The molecule has 8 aromatic carbocycles. The average Bonchev–Trinajstić information content (AvgIpc) is 3.74. The summed E-state index contributed by atoms with van der Waals surface area (Å²) in [6.45, 7) is 0. The lowest BCUT2D eigenvalue weighted by molar-refractivity contribution is 0.426. The van der Waals surface area contributed by atoms with Crippen molar-refractivity contribution < 1.29 is 11.5 Å². The molecule has 248 valence electrons. The van der Waals surface area contributed by atoms with E-state index in [9.17, 15) is 10.0 Å². The third-order valence-corrected chi connectivity index (χ3v) is 12.6. The number of hydrogen-bond donors (Lipinski definition) is 2. The van der Waals surface area contributed by atoms with Crippen molar-refractivity contribution in [2.24, 2.45) is 0 Å². The molecule has 0 atom stereocenters. The summed E-state index contributed by atoms with van der Waals surface area (Å²) in [5.41, 5.74) is 5.44. The highest BCUT2D eigenvalue weighted by Gasteiger charge is 2.18. The first-order valence-electron chi connectivity index (χ1n) is 16.4. The maximum Gasteiger partial charge on any atom is 0.489 e. The standard InChI is InChI=1S/C22H15BO2S.C22H13BrS.CH4.H2/c24-23(25)20-13-12-15(14-6-1-2-7-16(14)20)18-9-5-10-19-17-8-3-4-11-21(17)26-22(18)19;23-20-13-12-15(14-6-1-2-7-16(14)20)18-9-5-10-19-17-8-3-4-11-21(17)24-22(18)19;;/h1-13,24-25H;1-13H;1H4;1H. The molecule has 10 rings (SSSR count). The normalized spacial score (nSPS) is 11.3. The first-order chi connectivity index (χ1) is 24.6. The van der Waals surface area contributed by atoms with Gasteiger partial charge in [0.25, 0.3) is 0 Å². The Bertz CT molecular complexity index is 2900. The molecule has 0 unspecified atom stereocenters. The lowest BCUT2D eigenvalue weighted by Crippen LogP contribution is -2.30. The molecule has 10 aromatic rings. The van der Waals surface area contributed by atoms with Crippen LogP contribution in [0, 0.1) is 0 Å². The fourth-order valence-corrected chi connectivity index (χ4v) is 10.1. The molecule has 2 N–H and O–H groups in total. The van der Waals surface area contributed by atoms with E-state index < -0.39 is 7.12 Å². The molecule has 2 aromatic heterocycles. The molecule has 0 amide bonds. The summed E-state index contributed by atoms with van der Waals surface area (Å²) >= 11 is 7.37. The van der Waals surface area contributed by atoms with Gasteiger partial charge in [-0.05, 0) is 56.3 Å². The zero-order chi connectivity index (χ0) is 33.8. The molecule has 0 radical (unpaired) electrons. The van der Waals surface area contributed by atoms with E-state index in [0.717, 1.165) is 20.8 Å². The van der Waals surface area contributed by atoms with E-state index in [1.807, 2.05) is 47.7 Å². The van der Waals surface area contributed by atoms with E-state index in [2.05, 4.69) is 137 Å². The molecule has 0 aliphatic heterocycles. The predicted molar refractivity (Wildman–Crippen MR) is 231 cm³/mol. The largest absolute Gasteiger partial charge is 0.489 e. The Morgan fingerprint density at radius 3 is 1.33 bits per heavy atom. The number of rotatable bonds is 3. The topological polar surface area (TPSA) is 40.5 Å². The first-order valence-corrected chi connectivity index (χ1v) is 18.9. The molecule has 0 spiro atoms. The van der Waals surface area contributed by atoms with E-state index >= 15 is 0 Å². The lowest BCUT2D eigenvalue weighted by atomic mass is 9.76. The minimum atomic E-state index is -1.48. The van der Waals surface area contributed by atoms with Crippen molar-refractivity contribution in [3.8, 4) is 22.3 Å². The van der Waals surface area contributed by atoms with Crippen LogP contribution in [-0.2, 0) is 0 Å². The molecule has 2 heterocycles. The monoisotopic (exact) mass is 760 g/mol. The Labute approximate surface area is 314 Å². The molecule has 2 nitrogen and oxygen atoms in total. The number of thiophene rings is 2. The van der Waals surface area contributed by atoms with Gasteiger partial charge in [-0.1, -0.05) is 163 Å². The zero-order valence-corrected chi connectivity index (χ0v) is 29.9. The highest BCUT2D eigenvalue weighted by molar-refractivity contribution is 9.10. The lowest BCUT2D eigenvalue weighted by Gasteiger charge is -2.12. The van der Waals surface area contributed by atoms with Crippen molar-refractivity contribution in [3.63, 3.8) is 0 Å². The second-order valence-corrected chi connectivity index (χ2v) is 15.3. The Morgan fingerprint density at radius 1 is 0.392 bits per heavy atom. The molecule has 0 saturated carbocycles. The number of benzene rings is 8. The van der Waals surface area contributed by atoms with Gasteiger partial charge in [-0.25, -0.2) is 0 Å². The second kappa shape index (κ2) is 13.7. The highest BCUT2D eigenvalue weighted by atomic mass is 79.9. The predicted octanol–water partition coefficient (Wildman–Crippen LogP) is 13.1. The molecule has 0 fully saturated rings. The van der Waals surface area contributed by atoms with Crippen LogP contribution >= 0.6 is 38.6 Å². The third kappa shape index (κ3) is 5.74. The summed E-state index contributed by atoms with van der Waals surface area (Å²) in [6, 6.07) is 54.9. The van der Waals surface area contributed by atoms with Crippen LogP contribution < -0.4 is 5.46 Å². The van der Waals surface area contributed by atoms with E-state index in [1.165, 1.54) is 67.8 Å². The van der Waals surface area contributed by atoms with Gasteiger partial charge in [0.05, 0.1) is 0 Å². The van der Waals surface area contributed by atoms with Crippen LogP contribution in [0.4, 0.5) is 0 Å². The minimum absolute atomic E-state index is 0.